The summed E-state index contributed by atoms with van der Waals surface area (Å²) < 4.78 is 11.1. The van der Waals surface area contributed by atoms with Crippen LogP contribution in [0, 0.1) is 12.8 Å². The molecule has 1 saturated heterocycles. The fraction of sp³-hybridized carbons (Fsp3) is 0.714. The molecule has 1 atom stereocenters. The highest BCUT2D eigenvalue weighted by Crippen LogP contribution is 2.29. The Morgan fingerprint density at radius 2 is 2.35 bits per heavy atom. The van der Waals surface area contributed by atoms with Gasteiger partial charge in [0.2, 0.25) is 0 Å². The zero-order valence-electron chi connectivity index (χ0n) is 11.7. The summed E-state index contributed by atoms with van der Waals surface area (Å²) in [7, 11) is 0. The van der Waals surface area contributed by atoms with Crippen LogP contribution in [0.4, 0.5) is 4.79 Å². The minimum absolute atomic E-state index is 0.102. The maximum absolute atomic E-state index is 11.8. The molecule has 1 saturated carbocycles. The summed E-state index contributed by atoms with van der Waals surface area (Å²) in [4.78, 5) is 18.0. The molecule has 3 rings (SSSR count). The molecular formula is C14H20N2O3S. The zero-order valence-corrected chi connectivity index (χ0v) is 12.5. The van der Waals surface area contributed by atoms with E-state index in [4.69, 9.17) is 9.47 Å². The molecule has 0 unspecified atom stereocenters. The number of amides is 1. The van der Waals surface area contributed by atoms with Crippen LogP contribution < -0.4 is 0 Å². The average Bonchev–Trinajstić information content (AvgIpc) is 2.98. The third kappa shape index (κ3) is 3.70. The van der Waals surface area contributed by atoms with Gasteiger partial charge in [-0.2, -0.15) is 0 Å². The highest BCUT2D eigenvalue weighted by molar-refractivity contribution is 7.09. The lowest BCUT2D eigenvalue weighted by Gasteiger charge is -2.16. The van der Waals surface area contributed by atoms with Gasteiger partial charge >= 0.3 is 6.09 Å². The largest absolute Gasteiger partial charge is 0.449 e. The monoisotopic (exact) mass is 296 g/mol. The maximum atomic E-state index is 11.8. The molecule has 20 heavy (non-hydrogen) atoms. The number of ether oxygens (including phenoxy) is 2. The van der Waals surface area contributed by atoms with Gasteiger partial charge in [0.05, 0.1) is 36.6 Å². The van der Waals surface area contributed by atoms with Gasteiger partial charge in [-0.05, 0) is 32.1 Å². The van der Waals surface area contributed by atoms with Crippen molar-refractivity contribution in [3.05, 3.63) is 16.1 Å². The summed E-state index contributed by atoms with van der Waals surface area (Å²) in [5, 5.41) is 3.08. The molecule has 1 aliphatic heterocycles. The van der Waals surface area contributed by atoms with Crippen LogP contribution in [0.2, 0.25) is 0 Å². The van der Waals surface area contributed by atoms with Gasteiger partial charge in [-0.25, -0.2) is 9.78 Å². The molecule has 2 aliphatic rings. The minimum atomic E-state index is -0.187. The van der Waals surface area contributed by atoms with Crippen molar-refractivity contribution in [3.8, 4) is 0 Å². The normalized spacial score (nSPS) is 22.2. The van der Waals surface area contributed by atoms with Crippen molar-refractivity contribution < 1.29 is 14.3 Å². The van der Waals surface area contributed by atoms with Crippen LogP contribution in [0.5, 0.6) is 0 Å². The second-order valence-electron chi connectivity index (χ2n) is 5.55. The van der Waals surface area contributed by atoms with Crippen LogP contribution in [0.3, 0.4) is 0 Å². The van der Waals surface area contributed by atoms with Gasteiger partial charge in [0.1, 0.15) is 0 Å². The van der Waals surface area contributed by atoms with Crippen LogP contribution in [-0.4, -0.2) is 41.8 Å². The summed E-state index contributed by atoms with van der Waals surface area (Å²) in [6, 6.07) is 0. The quantitative estimate of drug-likeness (QED) is 0.838. The molecular weight excluding hydrogens is 276 g/mol. The fourth-order valence-corrected chi connectivity index (χ4v) is 2.87. The van der Waals surface area contributed by atoms with E-state index in [2.05, 4.69) is 4.98 Å². The molecule has 0 N–H and O–H groups in total. The van der Waals surface area contributed by atoms with E-state index in [1.54, 1.807) is 16.2 Å². The Morgan fingerprint density at radius 1 is 1.50 bits per heavy atom. The van der Waals surface area contributed by atoms with E-state index < -0.39 is 0 Å². The number of rotatable bonds is 5. The first-order valence-electron chi connectivity index (χ1n) is 7.15. The van der Waals surface area contributed by atoms with Crippen LogP contribution in [0.1, 0.15) is 30.0 Å². The minimum Gasteiger partial charge on any atom is -0.449 e. The van der Waals surface area contributed by atoms with Crippen molar-refractivity contribution in [2.24, 2.45) is 5.92 Å². The molecule has 0 spiro atoms. The molecule has 2 fully saturated rings. The molecule has 5 nitrogen and oxygen atoms in total. The summed E-state index contributed by atoms with van der Waals surface area (Å²) in [5.41, 5.74) is 0.974. The third-order valence-corrected chi connectivity index (χ3v) is 4.50. The number of likely N-dealkylation sites (tertiary alicyclic amines) is 1. The SMILES string of the molecule is Cc1nc(CO[C@@H]2CCN(C(=O)OCC3CC3)C2)cs1. The van der Waals surface area contributed by atoms with Crippen LogP contribution in [-0.2, 0) is 16.1 Å². The van der Waals surface area contributed by atoms with Gasteiger partial charge in [-0.3, -0.25) is 0 Å². The lowest BCUT2D eigenvalue weighted by Crippen LogP contribution is -2.31. The number of aryl methyl sites for hydroxylation is 1. The van der Waals surface area contributed by atoms with Crippen molar-refractivity contribution in [2.75, 3.05) is 19.7 Å². The second kappa shape index (κ2) is 6.10. The fourth-order valence-electron chi connectivity index (χ4n) is 2.27. The van der Waals surface area contributed by atoms with Crippen LogP contribution >= 0.6 is 11.3 Å². The summed E-state index contributed by atoms with van der Waals surface area (Å²) in [5.74, 6) is 0.613. The van der Waals surface area contributed by atoms with Gasteiger partial charge < -0.3 is 14.4 Å². The van der Waals surface area contributed by atoms with E-state index in [0.29, 0.717) is 25.7 Å². The number of nitrogens with zero attached hydrogens (tertiary/aromatic N) is 2. The first-order valence-corrected chi connectivity index (χ1v) is 8.03. The Kier molecular flexibility index (Phi) is 4.21. The molecule has 1 amide bonds. The first-order chi connectivity index (χ1) is 9.70. The number of carbonyl (C=O) groups is 1. The number of carbonyl (C=O) groups excluding carboxylic acids is 1. The van der Waals surface area contributed by atoms with E-state index >= 15 is 0 Å². The highest BCUT2D eigenvalue weighted by atomic mass is 32.1. The number of hydrogen-bond acceptors (Lipinski definition) is 5. The summed E-state index contributed by atoms with van der Waals surface area (Å²) in [6.07, 6.45) is 3.19. The first kappa shape index (κ1) is 13.8. The smallest absolute Gasteiger partial charge is 0.409 e. The van der Waals surface area contributed by atoms with Gasteiger partial charge in [0, 0.05) is 11.9 Å². The lowest BCUT2D eigenvalue weighted by atomic mass is 10.3. The van der Waals surface area contributed by atoms with E-state index in [1.807, 2.05) is 12.3 Å². The molecule has 0 radical (unpaired) electrons. The predicted octanol–water partition coefficient (Wildman–Crippen LogP) is 2.59. The van der Waals surface area contributed by atoms with Crippen molar-refractivity contribution in [2.45, 2.75) is 38.9 Å². The van der Waals surface area contributed by atoms with Gasteiger partial charge in [-0.15, -0.1) is 11.3 Å². The molecule has 0 bridgehead atoms. The molecule has 2 heterocycles. The van der Waals surface area contributed by atoms with Gasteiger partial charge in [0.15, 0.2) is 0 Å². The summed E-state index contributed by atoms with van der Waals surface area (Å²) >= 11 is 1.63. The Morgan fingerprint density at radius 3 is 3.05 bits per heavy atom. The topological polar surface area (TPSA) is 51.7 Å². The van der Waals surface area contributed by atoms with Crippen molar-refractivity contribution in [3.63, 3.8) is 0 Å². The highest BCUT2D eigenvalue weighted by Gasteiger charge is 2.30. The van der Waals surface area contributed by atoms with E-state index in [0.717, 1.165) is 23.7 Å². The van der Waals surface area contributed by atoms with E-state index in [1.165, 1.54) is 12.8 Å². The molecule has 1 aromatic heterocycles. The lowest BCUT2D eigenvalue weighted by molar-refractivity contribution is 0.0420. The van der Waals surface area contributed by atoms with E-state index in [-0.39, 0.29) is 12.2 Å². The maximum Gasteiger partial charge on any atom is 0.409 e. The second-order valence-corrected chi connectivity index (χ2v) is 6.61. The molecule has 6 heteroatoms. The van der Waals surface area contributed by atoms with Crippen molar-refractivity contribution in [1.82, 2.24) is 9.88 Å². The number of aromatic nitrogens is 1. The van der Waals surface area contributed by atoms with Crippen LogP contribution in [0.15, 0.2) is 5.38 Å². The Hall–Kier alpha value is -1.14. The van der Waals surface area contributed by atoms with Crippen molar-refractivity contribution >= 4 is 17.4 Å². The molecule has 110 valence electrons. The van der Waals surface area contributed by atoms with E-state index in [9.17, 15) is 4.79 Å². The van der Waals surface area contributed by atoms with Crippen molar-refractivity contribution in [1.29, 1.82) is 0 Å². The van der Waals surface area contributed by atoms with Gasteiger partial charge in [0.25, 0.3) is 0 Å². The Bertz CT molecular complexity index is 473. The molecule has 1 aliphatic carbocycles. The predicted molar refractivity (Wildman–Crippen MR) is 75.7 cm³/mol. The Labute approximate surface area is 122 Å². The van der Waals surface area contributed by atoms with Crippen LogP contribution in [0.25, 0.3) is 0 Å². The number of hydrogen-bond donors (Lipinski definition) is 0. The van der Waals surface area contributed by atoms with Gasteiger partial charge in [-0.1, -0.05) is 0 Å². The summed E-state index contributed by atoms with van der Waals surface area (Å²) in [6.45, 7) is 4.46. The molecule has 0 aromatic carbocycles. The average molecular weight is 296 g/mol. The standard InChI is InChI=1S/C14H20N2O3S/c1-10-15-12(9-20-10)8-18-13-4-5-16(6-13)14(17)19-7-11-2-3-11/h9,11,13H,2-8H2,1H3/t13-/m1/s1. The zero-order chi connectivity index (χ0) is 13.9. The Balaban J connectivity index is 1.38. The third-order valence-electron chi connectivity index (χ3n) is 3.68. The number of thiazole rings is 1. The molecule has 1 aromatic rings.